The number of nitrogens with one attached hydrogen (secondary N) is 2. The molecule has 3 N–H and O–H groups in total. The quantitative estimate of drug-likeness (QED) is 0.570. The first-order valence-corrected chi connectivity index (χ1v) is 11.0. The van der Waals surface area contributed by atoms with Crippen molar-refractivity contribution in [3.8, 4) is 0 Å². The van der Waals surface area contributed by atoms with Gasteiger partial charge in [-0.05, 0) is 30.9 Å². The van der Waals surface area contributed by atoms with E-state index in [4.69, 9.17) is 5.11 Å². The highest BCUT2D eigenvalue weighted by molar-refractivity contribution is 7.89. The van der Waals surface area contributed by atoms with Gasteiger partial charge in [-0.25, -0.2) is 8.42 Å². The van der Waals surface area contributed by atoms with Crippen LogP contribution in [0.4, 0.5) is 0 Å². The molecule has 9 heteroatoms. The number of nitrogens with zero attached hydrogens (tertiary/aromatic N) is 1. The zero-order chi connectivity index (χ0) is 20.7. The third-order valence-electron chi connectivity index (χ3n) is 4.86. The summed E-state index contributed by atoms with van der Waals surface area (Å²) in [5.41, 5.74) is 0. The molecule has 1 aliphatic rings. The van der Waals surface area contributed by atoms with Gasteiger partial charge in [0.2, 0.25) is 21.8 Å². The van der Waals surface area contributed by atoms with E-state index in [0.717, 1.165) is 0 Å². The minimum absolute atomic E-state index is 0.110. The summed E-state index contributed by atoms with van der Waals surface area (Å²) in [6.45, 7) is 4.15. The third-order valence-corrected chi connectivity index (χ3v) is 6.78. The first kappa shape index (κ1) is 22.3. The highest BCUT2D eigenvalue weighted by Crippen LogP contribution is 2.24. The number of benzene rings is 1. The molecule has 0 aromatic heterocycles. The van der Waals surface area contributed by atoms with Crippen molar-refractivity contribution in [3.63, 3.8) is 0 Å². The number of hydrogen-bond acceptors (Lipinski definition) is 5. The van der Waals surface area contributed by atoms with Gasteiger partial charge in [-0.1, -0.05) is 32.0 Å². The van der Waals surface area contributed by atoms with Gasteiger partial charge in [0, 0.05) is 25.6 Å². The number of carbonyl (C=O) groups excluding carboxylic acids is 2. The molecule has 1 atom stereocenters. The molecule has 2 amide bonds. The van der Waals surface area contributed by atoms with Crippen LogP contribution in [-0.2, 0) is 19.6 Å². The van der Waals surface area contributed by atoms with Crippen molar-refractivity contribution in [2.24, 2.45) is 11.8 Å². The Bertz CT molecular complexity index is 759. The van der Waals surface area contributed by atoms with Crippen LogP contribution in [0.3, 0.4) is 0 Å². The molecule has 0 spiro atoms. The maximum Gasteiger partial charge on any atom is 0.243 e. The van der Waals surface area contributed by atoms with Crippen LogP contribution in [0.1, 0.15) is 26.7 Å². The standard InChI is InChI=1S/C19H29N3O5S/c1-14(2)17(19(25)20-10-13-23)21-18(24)15-8-11-22(12-9-15)28(26,27)16-6-4-3-5-7-16/h3-7,14-15,17,23H,8-13H2,1-2H3,(H,20,25)(H,21,24)/t17-/m0/s1. The van der Waals surface area contributed by atoms with Crippen LogP contribution < -0.4 is 10.6 Å². The fraction of sp³-hybridized carbons (Fsp3) is 0.579. The van der Waals surface area contributed by atoms with Crippen LogP contribution in [0.15, 0.2) is 35.2 Å². The predicted molar refractivity (Wildman–Crippen MR) is 105 cm³/mol. The van der Waals surface area contributed by atoms with Gasteiger partial charge < -0.3 is 15.7 Å². The molecule has 1 aliphatic heterocycles. The van der Waals surface area contributed by atoms with E-state index >= 15 is 0 Å². The van der Waals surface area contributed by atoms with Gasteiger partial charge in [0.1, 0.15) is 6.04 Å². The van der Waals surface area contributed by atoms with E-state index in [2.05, 4.69) is 10.6 Å². The van der Waals surface area contributed by atoms with Crippen LogP contribution >= 0.6 is 0 Å². The predicted octanol–water partition coefficient (Wildman–Crippen LogP) is 0.337. The summed E-state index contributed by atoms with van der Waals surface area (Å²) < 4.78 is 26.7. The number of amides is 2. The second-order valence-electron chi connectivity index (χ2n) is 7.24. The van der Waals surface area contributed by atoms with Crippen LogP contribution in [0.5, 0.6) is 0 Å². The molecule has 0 aliphatic carbocycles. The van der Waals surface area contributed by atoms with Crippen LogP contribution in [0, 0.1) is 11.8 Å². The molecule has 0 unspecified atom stereocenters. The first-order chi connectivity index (χ1) is 13.3. The summed E-state index contributed by atoms with van der Waals surface area (Å²) in [5.74, 6) is -1.02. The molecule has 1 aromatic rings. The number of piperidine rings is 1. The minimum Gasteiger partial charge on any atom is -0.395 e. The van der Waals surface area contributed by atoms with Gasteiger partial charge in [-0.3, -0.25) is 9.59 Å². The smallest absolute Gasteiger partial charge is 0.243 e. The molecule has 8 nitrogen and oxygen atoms in total. The van der Waals surface area contributed by atoms with Crippen LogP contribution in [-0.4, -0.2) is 61.9 Å². The van der Waals surface area contributed by atoms with E-state index in [-0.39, 0.29) is 54.8 Å². The topological polar surface area (TPSA) is 116 Å². The molecular formula is C19H29N3O5S. The van der Waals surface area contributed by atoms with Gasteiger partial charge in [0.15, 0.2) is 0 Å². The Morgan fingerprint density at radius 2 is 1.79 bits per heavy atom. The Morgan fingerprint density at radius 3 is 2.32 bits per heavy atom. The van der Waals surface area contributed by atoms with E-state index in [1.54, 1.807) is 30.3 Å². The summed E-state index contributed by atoms with van der Waals surface area (Å²) in [6.07, 6.45) is 0.807. The number of aliphatic hydroxyl groups is 1. The molecular weight excluding hydrogens is 382 g/mol. The normalized spacial score (nSPS) is 17.3. The summed E-state index contributed by atoms with van der Waals surface area (Å²) in [7, 11) is -3.56. The lowest BCUT2D eigenvalue weighted by Crippen LogP contribution is -2.52. The molecule has 1 fully saturated rings. The number of sulfonamides is 1. The van der Waals surface area contributed by atoms with Crippen molar-refractivity contribution in [1.29, 1.82) is 0 Å². The summed E-state index contributed by atoms with van der Waals surface area (Å²) in [4.78, 5) is 25.0. The lowest BCUT2D eigenvalue weighted by molar-refractivity contribution is -0.132. The lowest BCUT2D eigenvalue weighted by Gasteiger charge is -2.32. The van der Waals surface area contributed by atoms with Gasteiger partial charge >= 0.3 is 0 Å². The average molecular weight is 412 g/mol. The zero-order valence-corrected chi connectivity index (χ0v) is 17.1. The molecule has 2 rings (SSSR count). The Labute approximate surface area is 166 Å². The van der Waals surface area contributed by atoms with E-state index in [1.807, 2.05) is 13.8 Å². The number of aliphatic hydroxyl groups excluding tert-OH is 1. The Hall–Kier alpha value is -1.97. The summed E-state index contributed by atoms with van der Waals surface area (Å²) in [6, 6.07) is 7.56. The van der Waals surface area contributed by atoms with E-state index in [9.17, 15) is 18.0 Å². The lowest BCUT2D eigenvalue weighted by atomic mass is 9.95. The maximum atomic E-state index is 12.7. The van der Waals surface area contributed by atoms with Gasteiger partial charge in [-0.2, -0.15) is 4.31 Å². The highest BCUT2D eigenvalue weighted by Gasteiger charge is 2.34. The zero-order valence-electron chi connectivity index (χ0n) is 16.3. The second kappa shape index (κ2) is 9.99. The van der Waals surface area contributed by atoms with E-state index in [0.29, 0.717) is 12.8 Å². The molecule has 1 heterocycles. The van der Waals surface area contributed by atoms with Gasteiger partial charge in [0.05, 0.1) is 11.5 Å². The fourth-order valence-corrected chi connectivity index (χ4v) is 4.69. The first-order valence-electron chi connectivity index (χ1n) is 9.51. The molecule has 156 valence electrons. The van der Waals surface area contributed by atoms with Crippen molar-refractivity contribution < 1.29 is 23.1 Å². The third kappa shape index (κ3) is 5.52. The summed E-state index contributed by atoms with van der Waals surface area (Å²) >= 11 is 0. The molecule has 0 bridgehead atoms. The average Bonchev–Trinajstić information content (AvgIpc) is 2.70. The van der Waals surface area contributed by atoms with Crippen LogP contribution in [0.25, 0.3) is 0 Å². The Balaban J connectivity index is 1.95. The molecule has 28 heavy (non-hydrogen) atoms. The van der Waals surface area contributed by atoms with Crippen molar-refractivity contribution in [2.75, 3.05) is 26.2 Å². The highest BCUT2D eigenvalue weighted by atomic mass is 32.2. The van der Waals surface area contributed by atoms with E-state index < -0.39 is 16.1 Å². The van der Waals surface area contributed by atoms with Crippen molar-refractivity contribution in [3.05, 3.63) is 30.3 Å². The Morgan fingerprint density at radius 1 is 1.18 bits per heavy atom. The monoisotopic (exact) mass is 411 g/mol. The number of carbonyl (C=O) groups is 2. The number of hydrogen-bond donors (Lipinski definition) is 3. The summed E-state index contributed by atoms with van der Waals surface area (Å²) in [5, 5.41) is 14.2. The minimum atomic E-state index is -3.56. The van der Waals surface area contributed by atoms with Gasteiger partial charge in [-0.15, -0.1) is 0 Å². The van der Waals surface area contributed by atoms with Crippen molar-refractivity contribution >= 4 is 21.8 Å². The van der Waals surface area contributed by atoms with Crippen molar-refractivity contribution in [1.82, 2.24) is 14.9 Å². The fourth-order valence-electron chi connectivity index (χ4n) is 3.20. The SMILES string of the molecule is CC(C)[C@H](NC(=O)C1CCN(S(=O)(=O)c2ccccc2)CC1)C(=O)NCCO. The van der Waals surface area contributed by atoms with Crippen molar-refractivity contribution in [2.45, 2.75) is 37.6 Å². The number of rotatable bonds is 8. The molecule has 0 radical (unpaired) electrons. The largest absolute Gasteiger partial charge is 0.395 e. The Kier molecular flexibility index (Phi) is 7.97. The van der Waals surface area contributed by atoms with E-state index in [1.165, 1.54) is 4.31 Å². The molecule has 1 aromatic carbocycles. The molecule has 1 saturated heterocycles. The molecule has 0 saturated carbocycles. The second-order valence-corrected chi connectivity index (χ2v) is 9.17. The maximum absolute atomic E-state index is 12.7. The van der Waals surface area contributed by atoms with Crippen LogP contribution in [0.2, 0.25) is 0 Å². The van der Waals surface area contributed by atoms with Gasteiger partial charge in [0.25, 0.3) is 0 Å².